The highest BCUT2D eigenvalue weighted by atomic mass is 19.4. The van der Waals surface area contributed by atoms with Crippen molar-refractivity contribution in [1.29, 1.82) is 0 Å². The Bertz CT molecular complexity index is 584. The van der Waals surface area contributed by atoms with E-state index in [1.54, 1.807) is 20.8 Å². The van der Waals surface area contributed by atoms with Crippen molar-refractivity contribution in [1.82, 2.24) is 10.3 Å². The maximum absolute atomic E-state index is 14.0. The maximum Gasteiger partial charge on any atom is 0.434 e. The number of rotatable bonds is 4. The minimum absolute atomic E-state index is 0.0526. The summed E-state index contributed by atoms with van der Waals surface area (Å²) in [6, 6.07) is -1.53. The van der Waals surface area contributed by atoms with Crippen LogP contribution in [0.15, 0.2) is 10.1 Å². The van der Waals surface area contributed by atoms with Crippen LogP contribution >= 0.6 is 0 Å². The molecule has 0 aromatic heterocycles. The van der Waals surface area contributed by atoms with E-state index in [0.717, 1.165) is 4.90 Å². The molecule has 0 radical (unpaired) electrons. The number of alkyl halides is 4. The second kappa shape index (κ2) is 8.45. The van der Waals surface area contributed by atoms with Gasteiger partial charge in [-0.2, -0.15) is 18.3 Å². The van der Waals surface area contributed by atoms with Gasteiger partial charge >= 0.3 is 12.3 Å². The number of amides is 2. The van der Waals surface area contributed by atoms with Crippen LogP contribution in [-0.2, 0) is 9.53 Å². The Hall–Kier alpha value is -2.20. The summed E-state index contributed by atoms with van der Waals surface area (Å²) in [6.45, 7) is 6.06. The monoisotopic (exact) mass is 382 g/mol. The van der Waals surface area contributed by atoms with Crippen molar-refractivity contribution in [2.24, 2.45) is 10.1 Å². The SMILES string of the molecule is CCN=C(/C=N\NC(=O)[C@@H]1[C@@H](F)CCN1C(=O)OC(C)(C)C)C(F)(F)F. The third kappa shape index (κ3) is 6.26. The van der Waals surface area contributed by atoms with Gasteiger partial charge in [-0.25, -0.2) is 14.6 Å². The van der Waals surface area contributed by atoms with Crippen molar-refractivity contribution >= 4 is 23.9 Å². The van der Waals surface area contributed by atoms with Crippen LogP contribution < -0.4 is 5.43 Å². The molecule has 1 saturated heterocycles. The lowest BCUT2D eigenvalue weighted by molar-refractivity contribution is -0.126. The van der Waals surface area contributed by atoms with E-state index in [4.69, 9.17) is 4.74 Å². The molecule has 148 valence electrons. The number of aliphatic imine (C=N–C) groups is 1. The van der Waals surface area contributed by atoms with Gasteiger partial charge in [0.05, 0.1) is 6.21 Å². The zero-order chi connectivity index (χ0) is 20.1. The van der Waals surface area contributed by atoms with Crippen molar-refractivity contribution in [3.8, 4) is 0 Å². The van der Waals surface area contributed by atoms with Crippen LogP contribution in [0.5, 0.6) is 0 Å². The lowest BCUT2D eigenvalue weighted by atomic mass is 10.2. The predicted molar refractivity (Wildman–Crippen MR) is 86.9 cm³/mol. The number of hydrogen-bond acceptors (Lipinski definition) is 5. The number of likely N-dealkylation sites (tertiary alicyclic amines) is 1. The zero-order valence-corrected chi connectivity index (χ0v) is 14.9. The van der Waals surface area contributed by atoms with Crippen LogP contribution in [0, 0.1) is 0 Å². The molecule has 26 heavy (non-hydrogen) atoms. The largest absolute Gasteiger partial charge is 0.444 e. The van der Waals surface area contributed by atoms with Gasteiger partial charge in [-0.3, -0.25) is 14.7 Å². The second-order valence-electron chi connectivity index (χ2n) is 6.51. The summed E-state index contributed by atoms with van der Waals surface area (Å²) >= 11 is 0. The van der Waals surface area contributed by atoms with E-state index < -0.39 is 41.7 Å². The highest BCUT2D eigenvalue weighted by Gasteiger charge is 2.44. The number of hydrazone groups is 1. The summed E-state index contributed by atoms with van der Waals surface area (Å²) in [5.41, 5.74) is -0.305. The van der Waals surface area contributed by atoms with Crippen LogP contribution in [-0.4, -0.2) is 65.9 Å². The third-order valence-corrected chi connectivity index (χ3v) is 3.20. The first kappa shape index (κ1) is 21.8. The lowest BCUT2D eigenvalue weighted by Gasteiger charge is -2.27. The van der Waals surface area contributed by atoms with Gasteiger partial charge < -0.3 is 4.74 Å². The zero-order valence-electron chi connectivity index (χ0n) is 14.9. The quantitative estimate of drug-likeness (QED) is 0.461. The standard InChI is InChI=1S/C15H22F4N4O3/c1-5-20-10(15(17,18)19)8-21-22-12(24)11-9(16)6-7-23(11)13(25)26-14(2,3)4/h8-9,11H,5-7H2,1-4H3,(H,22,24)/b20-10?,21-8-/t9-,11-/m0/s1. The van der Waals surface area contributed by atoms with Gasteiger partial charge in [0.15, 0.2) is 5.71 Å². The number of ether oxygens (including phenoxy) is 1. The fourth-order valence-electron chi connectivity index (χ4n) is 2.18. The number of hydrogen-bond donors (Lipinski definition) is 1. The van der Waals surface area contributed by atoms with Gasteiger partial charge in [0.25, 0.3) is 5.91 Å². The van der Waals surface area contributed by atoms with Crippen molar-refractivity contribution in [3.05, 3.63) is 0 Å². The number of carbonyl (C=O) groups is 2. The smallest absolute Gasteiger partial charge is 0.434 e. The Morgan fingerprint density at radius 1 is 1.31 bits per heavy atom. The Labute approximate surface area is 148 Å². The van der Waals surface area contributed by atoms with E-state index in [2.05, 4.69) is 10.1 Å². The summed E-state index contributed by atoms with van der Waals surface area (Å²) in [7, 11) is 0. The molecule has 1 N–H and O–H groups in total. The van der Waals surface area contributed by atoms with Crippen molar-refractivity contribution < 1.29 is 31.9 Å². The molecule has 1 aliphatic rings. The van der Waals surface area contributed by atoms with Crippen LogP contribution in [0.2, 0.25) is 0 Å². The first-order chi connectivity index (χ1) is 11.9. The molecule has 1 heterocycles. The molecule has 7 nitrogen and oxygen atoms in total. The molecule has 0 spiro atoms. The predicted octanol–water partition coefficient (Wildman–Crippen LogP) is 2.46. The molecule has 2 amide bonds. The topological polar surface area (TPSA) is 83.4 Å². The third-order valence-electron chi connectivity index (χ3n) is 3.20. The summed E-state index contributed by atoms with van der Waals surface area (Å²) < 4.78 is 57.1. The molecule has 0 aromatic rings. The van der Waals surface area contributed by atoms with Crippen molar-refractivity contribution in [3.63, 3.8) is 0 Å². The second-order valence-corrected chi connectivity index (χ2v) is 6.51. The molecular weight excluding hydrogens is 360 g/mol. The van der Waals surface area contributed by atoms with Crippen molar-refractivity contribution in [2.45, 2.75) is 58.1 Å². The molecule has 11 heteroatoms. The summed E-state index contributed by atoms with van der Waals surface area (Å²) in [6.07, 6.45) is -7.05. The Morgan fingerprint density at radius 3 is 2.42 bits per heavy atom. The van der Waals surface area contributed by atoms with Crippen LogP contribution in [0.1, 0.15) is 34.1 Å². The molecule has 2 atom stereocenters. The fourth-order valence-corrected chi connectivity index (χ4v) is 2.18. The summed E-state index contributed by atoms with van der Waals surface area (Å²) in [5, 5.41) is 3.18. The number of nitrogens with one attached hydrogen (secondary N) is 1. The van der Waals surface area contributed by atoms with Gasteiger partial charge in [0.1, 0.15) is 17.8 Å². The summed E-state index contributed by atoms with van der Waals surface area (Å²) in [5.74, 6) is -1.05. The molecule has 1 fully saturated rings. The first-order valence-electron chi connectivity index (χ1n) is 7.95. The van der Waals surface area contributed by atoms with Gasteiger partial charge in [0.2, 0.25) is 0 Å². The Kier molecular flexibility index (Phi) is 7.10. The highest BCUT2D eigenvalue weighted by molar-refractivity contribution is 6.33. The minimum Gasteiger partial charge on any atom is -0.444 e. The van der Waals surface area contributed by atoms with Gasteiger partial charge in [-0.05, 0) is 34.1 Å². The molecule has 0 bridgehead atoms. The van der Waals surface area contributed by atoms with Crippen LogP contribution in [0.4, 0.5) is 22.4 Å². The van der Waals surface area contributed by atoms with E-state index in [1.165, 1.54) is 6.92 Å². The lowest BCUT2D eigenvalue weighted by Crippen LogP contribution is -2.49. The molecule has 0 saturated carbocycles. The molecule has 1 rings (SSSR count). The minimum atomic E-state index is -4.73. The molecule has 0 aromatic carbocycles. The van der Waals surface area contributed by atoms with E-state index in [1.807, 2.05) is 5.43 Å². The van der Waals surface area contributed by atoms with Gasteiger partial charge in [0, 0.05) is 13.1 Å². The van der Waals surface area contributed by atoms with E-state index >= 15 is 0 Å². The van der Waals surface area contributed by atoms with E-state index in [0.29, 0.717) is 6.21 Å². The van der Waals surface area contributed by atoms with Gasteiger partial charge in [-0.1, -0.05) is 0 Å². The normalized spacial score (nSPS) is 22.0. The van der Waals surface area contributed by atoms with E-state index in [-0.39, 0.29) is 19.5 Å². The Morgan fingerprint density at radius 2 is 1.92 bits per heavy atom. The fraction of sp³-hybridized carbons (Fsp3) is 0.733. The first-order valence-corrected chi connectivity index (χ1v) is 7.95. The average molecular weight is 382 g/mol. The number of halogens is 4. The van der Waals surface area contributed by atoms with Crippen LogP contribution in [0.25, 0.3) is 0 Å². The average Bonchev–Trinajstić information content (AvgIpc) is 2.85. The number of carbonyl (C=O) groups excluding carboxylic acids is 2. The van der Waals surface area contributed by atoms with Gasteiger partial charge in [-0.15, -0.1) is 0 Å². The molecular formula is C15H22F4N4O3. The highest BCUT2D eigenvalue weighted by Crippen LogP contribution is 2.24. The molecule has 0 unspecified atom stereocenters. The van der Waals surface area contributed by atoms with E-state index in [9.17, 15) is 27.2 Å². The van der Waals surface area contributed by atoms with Crippen LogP contribution in [0.3, 0.4) is 0 Å². The Balaban J connectivity index is 2.82. The summed E-state index contributed by atoms with van der Waals surface area (Å²) in [4.78, 5) is 28.3. The number of nitrogens with zero attached hydrogens (tertiary/aromatic N) is 3. The molecule has 1 aliphatic heterocycles. The maximum atomic E-state index is 14.0. The van der Waals surface area contributed by atoms with Crippen molar-refractivity contribution in [2.75, 3.05) is 13.1 Å². The molecule has 0 aliphatic carbocycles.